The zero-order chi connectivity index (χ0) is 18.8. The Hall–Kier alpha value is -1.77. The lowest BCUT2D eigenvalue weighted by Crippen LogP contribution is -2.49. The molecule has 0 aliphatic carbocycles. The van der Waals surface area contributed by atoms with Gasteiger partial charge in [-0.15, -0.1) is 0 Å². The number of carbonyl (C=O) groups excluding carboxylic acids is 1. The van der Waals surface area contributed by atoms with E-state index in [0.29, 0.717) is 6.54 Å². The molecule has 0 radical (unpaired) electrons. The number of para-hydroxylation sites is 1. The Balaban J connectivity index is 2.09. The largest absolute Gasteiger partial charge is 0.418 e. The van der Waals surface area contributed by atoms with Crippen LogP contribution in [0.4, 0.5) is 32.0 Å². The fourth-order valence-electron chi connectivity index (χ4n) is 2.87. The van der Waals surface area contributed by atoms with Crippen LogP contribution in [-0.4, -0.2) is 36.1 Å². The summed E-state index contributed by atoms with van der Waals surface area (Å²) in [5, 5.41) is 2.19. The van der Waals surface area contributed by atoms with Crippen LogP contribution in [0.1, 0.15) is 25.3 Å². The van der Waals surface area contributed by atoms with E-state index in [-0.39, 0.29) is 19.4 Å². The van der Waals surface area contributed by atoms with Gasteiger partial charge in [-0.1, -0.05) is 12.1 Å². The zero-order valence-electron chi connectivity index (χ0n) is 13.4. The lowest BCUT2D eigenvalue weighted by Gasteiger charge is -2.36. The van der Waals surface area contributed by atoms with Gasteiger partial charge in [-0.3, -0.25) is 9.69 Å². The molecule has 0 aromatic heterocycles. The summed E-state index contributed by atoms with van der Waals surface area (Å²) >= 11 is 0. The molecule has 0 spiro atoms. The van der Waals surface area contributed by atoms with Crippen molar-refractivity contribution in [3.63, 3.8) is 0 Å². The molecular weight excluding hydrogens is 350 g/mol. The number of rotatable bonds is 3. The highest BCUT2D eigenvalue weighted by atomic mass is 19.4. The van der Waals surface area contributed by atoms with Crippen LogP contribution in [0.5, 0.6) is 0 Å². The monoisotopic (exact) mass is 368 g/mol. The molecule has 2 rings (SSSR count). The van der Waals surface area contributed by atoms with E-state index in [1.54, 1.807) is 0 Å². The number of hydrogen-bond acceptors (Lipinski definition) is 2. The maximum absolute atomic E-state index is 13.0. The van der Waals surface area contributed by atoms with Crippen molar-refractivity contribution in [2.45, 2.75) is 38.2 Å². The number of nitrogens with one attached hydrogen (secondary N) is 1. The van der Waals surface area contributed by atoms with Crippen LogP contribution < -0.4 is 5.32 Å². The predicted octanol–water partition coefficient (Wildman–Crippen LogP) is 4.31. The summed E-state index contributed by atoms with van der Waals surface area (Å²) in [5.41, 5.74) is -1.40. The Morgan fingerprint density at radius 2 is 1.84 bits per heavy atom. The van der Waals surface area contributed by atoms with Crippen LogP contribution >= 0.6 is 0 Å². The third-order valence-electron chi connectivity index (χ3n) is 4.33. The number of carbonyl (C=O) groups is 1. The second-order valence-corrected chi connectivity index (χ2v) is 6.08. The molecule has 1 heterocycles. The maximum Gasteiger partial charge on any atom is 0.418 e. The van der Waals surface area contributed by atoms with E-state index in [4.69, 9.17) is 0 Å². The summed E-state index contributed by atoms with van der Waals surface area (Å²) in [6.45, 7) is 1.35. The SMILES string of the molecule is CC(C(=O)Nc1ccccc1C(F)(F)F)N1CCCC(C(F)(F)F)C1. The summed E-state index contributed by atoms with van der Waals surface area (Å²) in [5.74, 6) is -2.29. The van der Waals surface area contributed by atoms with E-state index in [1.165, 1.54) is 24.0 Å². The van der Waals surface area contributed by atoms with Crippen molar-refractivity contribution in [2.24, 2.45) is 5.92 Å². The first-order valence-corrected chi connectivity index (χ1v) is 7.78. The van der Waals surface area contributed by atoms with Crippen LogP contribution in [0.15, 0.2) is 24.3 Å². The molecule has 2 atom stereocenters. The van der Waals surface area contributed by atoms with E-state index in [9.17, 15) is 31.1 Å². The number of benzene rings is 1. The molecule has 0 saturated carbocycles. The highest BCUT2D eigenvalue weighted by Crippen LogP contribution is 2.35. The Morgan fingerprint density at radius 1 is 1.20 bits per heavy atom. The van der Waals surface area contributed by atoms with Crippen molar-refractivity contribution in [1.82, 2.24) is 4.90 Å². The average molecular weight is 368 g/mol. The molecule has 1 aliphatic heterocycles. The normalized spacial score (nSPS) is 21.0. The fraction of sp³-hybridized carbons (Fsp3) is 0.562. The lowest BCUT2D eigenvalue weighted by atomic mass is 9.96. The van der Waals surface area contributed by atoms with E-state index in [1.807, 2.05) is 0 Å². The first-order chi connectivity index (χ1) is 11.5. The molecule has 1 aromatic carbocycles. The topological polar surface area (TPSA) is 32.3 Å². The molecule has 1 aromatic rings. The number of alkyl halides is 6. The van der Waals surface area contributed by atoms with Gasteiger partial charge in [0.1, 0.15) is 0 Å². The Kier molecular flexibility index (Phi) is 5.65. The number of amides is 1. The van der Waals surface area contributed by atoms with E-state index in [2.05, 4.69) is 5.32 Å². The number of nitrogens with zero attached hydrogens (tertiary/aromatic N) is 1. The van der Waals surface area contributed by atoms with Crippen LogP contribution in [0, 0.1) is 5.92 Å². The van der Waals surface area contributed by atoms with E-state index in [0.717, 1.165) is 12.1 Å². The Labute approximate surface area is 141 Å². The lowest BCUT2D eigenvalue weighted by molar-refractivity contribution is -0.188. The third kappa shape index (κ3) is 4.87. The standard InChI is InChI=1S/C16H18F6N2O/c1-10(24-8-4-5-11(9-24)15(17,18)19)14(25)23-13-7-3-2-6-12(13)16(20,21)22/h2-3,6-7,10-11H,4-5,8-9H2,1H3,(H,23,25). The van der Waals surface area contributed by atoms with Gasteiger partial charge < -0.3 is 5.32 Å². The number of hydrogen-bond donors (Lipinski definition) is 1. The van der Waals surface area contributed by atoms with Crippen LogP contribution in [0.3, 0.4) is 0 Å². The number of likely N-dealkylation sites (tertiary alicyclic amines) is 1. The van der Waals surface area contributed by atoms with Gasteiger partial charge in [-0.2, -0.15) is 26.3 Å². The number of anilines is 1. The summed E-state index contributed by atoms with van der Waals surface area (Å²) in [7, 11) is 0. The molecular formula is C16H18F6N2O. The molecule has 1 saturated heterocycles. The van der Waals surface area contributed by atoms with Crippen LogP contribution in [0.2, 0.25) is 0 Å². The molecule has 140 valence electrons. The second-order valence-electron chi connectivity index (χ2n) is 6.08. The van der Waals surface area contributed by atoms with Gasteiger partial charge in [0.25, 0.3) is 0 Å². The molecule has 1 amide bonds. The van der Waals surface area contributed by atoms with Gasteiger partial charge in [0, 0.05) is 6.54 Å². The minimum Gasteiger partial charge on any atom is -0.324 e. The van der Waals surface area contributed by atoms with Gasteiger partial charge in [-0.25, -0.2) is 0 Å². The predicted molar refractivity (Wildman–Crippen MR) is 79.9 cm³/mol. The molecule has 25 heavy (non-hydrogen) atoms. The highest BCUT2D eigenvalue weighted by molar-refractivity contribution is 5.95. The van der Waals surface area contributed by atoms with Crippen LogP contribution in [-0.2, 0) is 11.0 Å². The fourth-order valence-corrected chi connectivity index (χ4v) is 2.87. The van der Waals surface area contributed by atoms with Gasteiger partial charge in [0.2, 0.25) is 5.91 Å². The minimum absolute atomic E-state index is 0.00868. The van der Waals surface area contributed by atoms with Crippen molar-refractivity contribution < 1.29 is 31.1 Å². The Bertz CT molecular complexity index is 613. The van der Waals surface area contributed by atoms with Gasteiger partial charge in [0.05, 0.1) is 23.2 Å². The average Bonchev–Trinajstić information content (AvgIpc) is 2.53. The third-order valence-corrected chi connectivity index (χ3v) is 4.33. The molecule has 0 bridgehead atoms. The van der Waals surface area contributed by atoms with Gasteiger partial charge >= 0.3 is 12.4 Å². The molecule has 1 aliphatic rings. The maximum atomic E-state index is 13.0. The summed E-state index contributed by atoms with van der Waals surface area (Å²) < 4.78 is 77.4. The van der Waals surface area contributed by atoms with Crippen molar-refractivity contribution in [2.75, 3.05) is 18.4 Å². The van der Waals surface area contributed by atoms with Crippen molar-refractivity contribution >= 4 is 11.6 Å². The van der Waals surface area contributed by atoms with Crippen LogP contribution in [0.25, 0.3) is 0 Å². The molecule has 3 nitrogen and oxygen atoms in total. The summed E-state index contributed by atoms with van der Waals surface area (Å²) in [6, 6.07) is 3.52. The Morgan fingerprint density at radius 3 is 2.44 bits per heavy atom. The molecule has 1 fully saturated rings. The second kappa shape index (κ2) is 7.23. The van der Waals surface area contributed by atoms with Crippen molar-refractivity contribution in [3.05, 3.63) is 29.8 Å². The summed E-state index contributed by atoms with van der Waals surface area (Å²) in [6.07, 6.45) is -8.72. The first kappa shape index (κ1) is 19.6. The van der Waals surface area contributed by atoms with E-state index < -0.39 is 41.5 Å². The zero-order valence-corrected chi connectivity index (χ0v) is 13.4. The molecule has 2 unspecified atom stereocenters. The molecule has 9 heteroatoms. The number of halogens is 6. The van der Waals surface area contributed by atoms with Gasteiger partial charge in [0.15, 0.2) is 0 Å². The minimum atomic E-state index is -4.64. The quantitative estimate of drug-likeness (QED) is 0.807. The summed E-state index contributed by atoms with van der Waals surface area (Å²) in [4.78, 5) is 13.6. The van der Waals surface area contributed by atoms with Crippen molar-refractivity contribution in [1.29, 1.82) is 0 Å². The van der Waals surface area contributed by atoms with Crippen molar-refractivity contribution in [3.8, 4) is 0 Å². The van der Waals surface area contributed by atoms with Gasteiger partial charge in [-0.05, 0) is 38.4 Å². The highest BCUT2D eigenvalue weighted by Gasteiger charge is 2.43. The number of piperidine rings is 1. The molecule has 1 N–H and O–H groups in total. The first-order valence-electron chi connectivity index (χ1n) is 7.78. The van der Waals surface area contributed by atoms with E-state index >= 15 is 0 Å². The smallest absolute Gasteiger partial charge is 0.324 e.